The van der Waals surface area contributed by atoms with Gasteiger partial charge in [-0.05, 0) is 48.6 Å². The van der Waals surface area contributed by atoms with Crippen molar-refractivity contribution in [1.29, 1.82) is 0 Å². The van der Waals surface area contributed by atoms with Crippen LogP contribution in [0.15, 0.2) is 42.9 Å². The normalized spacial score (nSPS) is 13.6. The highest BCUT2D eigenvalue weighted by molar-refractivity contribution is 6.10. The first kappa shape index (κ1) is 24.7. The van der Waals surface area contributed by atoms with E-state index in [0.717, 1.165) is 35.0 Å². The molecule has 4 heterocycles. The standard InChI is InChI=1S/C26H26F3N7O/c1-15(2)8-9-17-10-16(23-19(12-31-35(23)4)24-33-30-14-34(24)3)11-22(32-17)36-13-20-18(25(36)37)6-5-7-21(20)26(27,28)29/h5-7,10-12,14-15H,8-9,13H2,1-4H3. The molecular weight excluding hydrogens is 483 g/mol. The summed E-state index contributed by atoms with van der Waals surface area (Å²) in [5, 5.41) is 12.6. The molecule has 0 spiro atoms. The van der Waals surface area contributed by atoms with E-state index in [1.54, 1.807) is 34.9 Å². The summed E-state index contributed by atoms with van der Waals surface area (Å²) in [7, 11) is 3.63. The van der Waals surface area contributed by atoms with E-state index in [1.165, 1.54) is 17.0 Å². The SMILES string of the molecule is CC(C)CCc1cc(-c2c(-c3nncn3C)cnn2C)cc(N2Cc3c(cccc3C(F)(F)F)C2=O)n1. The summed E-state index contributed by atoms with van der Waals surface area (Å²) in [6, 6.07) is 7.38. The number of benzene rings is 1. The molecular formula is C26H26F3N7O. The van der Waals surface area contributed by atoms with E-state index in [1.807, 2.05) is 13.1 Å². The van der Waals surface area contributed by atoms with Crippen molar-refractivity contribution in [3.05, 3.63) is 65.2 Å². The molecule has 1 amide bonds. The van der Waals surface area contributed by atoms with Gasteiger partial charge in [-0.2, -0.15) is 18.3 Å². The van der Waals surface area contributed by atoms with Gasteiger partial charge >= 0.3 is 6.18 Å². The number of amides is 1. The third-order valence-corrected chi connectivity index (χ3v) is 6.56. The van der Waals surface area contributed by atoms with E-state index in [4.69, 9.17) is 4.98 Å². The van der Waals surface area contributed by atoms with Crippen molar-refractivity contribution in [1.82, 2.24) is 29.5 Å². The zero-order valence-corrected chi connectivity index (χ0v) is 20.9. The highest BCUT2D eigenvalue weighted by Crippen LogP contribution is 2.39. The van der Waals surface area contributed by atoms with Gasteiger partial charge in [-0.15, -0.1) is 10.2 Å². The number of carbonyl (C=O) groups excluding carboxylic acids is 1. The van der Waals surface area contributed by atoms with Crippen LogP contribution in [0.4, 0.5) is 19.0 Å². The number of hydrogen-bond donors (Lipinski definition) is 0. The lowest BCUT2D eigenvalue weighted by Gasteiger charge is -2.19. The van der Waals surface area contributed by atoms with Crippen molar-refractivity contribution in [2.45, 2.75) is 39.4 Å². The molecule has 5 rings (SSSR count). The van der Waals surface area contributed by atoms with Crippen molar-refractivity contribution in [2.24, 2.45) is 20.0 Å². The Morgan fingerprint density at radius 2 is 1.89 bits per heavy atom. The second-order valence-electron chi connectivity index (χ2n) is 9.65. The number of halogens is 3. The molecule has 0 saturated heterocycles. The van der Waals surface area contributed by atoms with Crippen molar-refractivity contribution < 1.29 is 18.0 Å². The molecule has 3 aromatic heterocycles. The fraction of sp³-hybridized carbons (Fsp3) is 0.346. The summed E-state index contributed by atoms with van der Waals surface area (Å²) in [5.74, 6) is 0.839. The first-order valence-corrected chi connectivity index (χ1v) is 11.9. The van der Waals surface area contributed by atoms with Gasteiger partial charge in [0.2, 0.25) is 0 Å². The smallest absolute Gasteiger partial charge is 0.317 e. The van der Waals surface area contributed by atoms with Crippen LogP contribution in [0.5, 0.6) is 0 Å². The predicted octanol–water partition coefficient (Wildman–Crippen LogP) is 5.05. The molecule has 0 N–H and O–H groups in total. The lowest BCUT2D eigenvalue weighted by molar-refractivity contribution is -0.138. The summed E-state index contributed by atoms with van der Waals surface area (Å²) in [5.41, 5.74) is 2.18. The Balaban J connectivity index is 1.63. The molecule has 37 heavy (non-hydrogen) atoms. The number of rotatable bonds is 6. The predicted molar refractivity (Wildman–Crippen MR) is 132 cm³/mol. The number of alkyl halides is 3. The van der Waals surface area contributed by atoms with Crippen molar-refractivity contribution in [2.75, 3.05) is 4.90 Å². The Hall–Kier alpha value is -4.02. The molecule has 192 valence electrons. The van der Waals surface area contributed by atoms with E-state index in [2.05, 4.69) is 29.1 Å². The fourth-order valence-corrected chi connectivity index (χ4v) is 4.67. The maximum Gasteiger partial charge on any atom is 0.416 e. The summed E-state index contributed by atoms with van der Waals surface area (Å²) >= 11 is 0. The lowest BCUT2D eigenvalue weighted by Crippen LogP contribution is -2.24. The average Bonchev–Trinajstić information content (AvgIpc) is 3.53. The number of fused-ring (bicyclic) bond motifs is 1. The van der Waals surface area contributed by atoms with Crippen LogP contribution < -0.4 is 4.90 Å². The third-order valence-electron chi connectivity index (χ3n) is 6.56. The Morgan fingerprint density at radius 1 is 1.11 bits per heavy atom. The number of pyridine rings is 1. The largest absolute Gasteiger partial charge is 0.416 e. The molecule has 1 aromatic carbocycles. The molecule has 0 radical (unpaired) electrons. The molecule has 4 aromatic rings. The van der Waals surface area contributed by atoms with Crippen LogP contribution in [0.2, 0.25) is 0 Å². The van der Waals surface area contributed by atoms with E-state index in [0.29, 0.717) is 24.0 Å². The Labute approximate surface area is 211 Å². The average molecular weight is 510 g/mol. The van der Waals surface area contributed by atoms with Crippen LogP contribution in [0.1, 0.15) is 47.4 Å². The van der Waals surface area contributed by atoms with Gasteiger partial charge in [0.1, 0.15) is 12.1 Å². The summed E-state index contributed by atoms with van der Waals surface area (Å²) in [4.78, 5) is 19.3. The highest BCUT2D eigenvalue weighted by Gasteiger charge is 2.40. The maximum absolute atomic E-state index is 13.7. The third kappa shape index (κ3) is 4.49. The molecule has 0 fully saturated rings. The van der Waals surface area contributed by atoms with Gasteiger partial charge in [0, 0.05) is 30.9 Å². The zero-order chi connectivity index (χ0) is 26.5. The first-order chi connectivity index (χ1) is 17.5. The van der Waals surface area contributed by atoms with Crippen LogP contribution >= 0.6 is 0 Å². The minimum atomic E-state index is -4.56. The summed E-state index contributed by atoms with van der Waals surface area (Å²) in [6.07, 6.45) is 0.248. The monoisotopic (exact) mass is 509 g/mol. The highest BCUT2D eigenvalue weighted by atomic mass is 19.4. The molecule has 11 heteroatoms. The molecule has 0 atom stereocenters. The Kier molecular flexibility index (Phi) is 6.09. The molecule has 8 nitrogen and oxygen atoms in total. The molecule has 0 aliphatic carbocycles. The molecule has 1 aliphatic rings. The van der Waals surface area contributed by atoms with Crippen LogP contribution in [0, 0.1) is 5.92 Å². The Bertz CT molecular complexity index is 1490. The van der Waals surface area contributed by atoms with Gasteiger partial charge in [-0.25, -0.2) is 4.98 Å². The molecule has 0 bridgehead atoms. The second kappa shape index (κ2) is 9.13. The van der Waals surface area contributed by atoms with Crippen LogP contribution in [0.3, 0.4) is 0 Å². The minimum absolute atomic E-state index is 0.0313. The summed E-state index contributed by atoms with van der Waals surface area (Å²) < 4.78 is 44.5. The lowest BCUT2D eigenvalue weighted by atomic mass is 10.0. The van der Waals surface area contributed by atoms with Gasteiger partial charge < -0.3 is 4.57 Å². The van der Waals surface area contributed by atoms with E-state index in [9.17, 15) is 18.0 Å². The minimum Gasteiger partial charge on any atom is -0.317 e. The van der Waals surface area contributed by atoms with Crippen molar-refractivity contribution in [3.8, 4) is 22.6 Å². The number of carbonyl (C=O) groups is 1. The second-order valence-corrected chi connectivity index (χ2v) is 9.65. The summed E-state index contributed by atoms with van der Waals surface area (Å²) in [6.45, 7) is 4.01. The fourth-order valence-electron chi connectivity index (χ4n) is 4.67. The van der Waals surface area contributed by atoms with E-state index in [-0.39, 0.29) is 17.7 Å². The van der Waals surface area contributed by atoms with Gasteiger partial charge in [-0.1, -0.05) is 19.9 Å². The number of nitrogens with zero attached hydrogens (tertiary/aromatic N) is 7. The molecule has 1 aliphatic heterocycles. The quantitative estimate of drug-likeness (QED) is 0.364. The van der Waals surface area contributed by atoms with Crippen molar-refractivity contribution in [3.63, 3.8) is 0 Å². The van der Waals surface area contributed by atoms with E-state index >= 15 is 0 Å². The van der Waals surface area contributed by atoms with Crippen molar-refractivity contribution >= 4 is 11.7 Å². The van der Waals surface area contributed by atoms with Gasteiger partial charge in [0.15, 0.2) is 5.82 Å². The number of aromatic nitrogens is 6. The number of aryl methyl sites for hydroxylation is 3. The topological polar surface area (TPSA) is 81.7 Å². The molecule has 0 saturated carbocycles. The van der Waals surface area contributed by atoms with Gasteiger partial charge in [-0.3, -0.25) is 14.4 Å². The van der Waals surface area contributed by atoms with Crippen LogP contribution in [-0.2, 0) is 33.2 Å². The van der Waals surface area contributed by atoms with Crippen LogP contribution in [-0.4, -0.2) is 35.4 Å². The van der Waals surface area contributed by atoms with E-state index < -0.39 is 17.6 Å². The van der Waals surface area contributed by atoms with Crippen LogP contribution in [0.25, 0.3) is 22.6 Å². The zero-order valence-electron chi connectivity index (χ0n) is 20.9. The number of hydrogen-bond acceptors (Lipinski definition) is 5. The van der Waals surface area contributed by atoms with Gasteiger partial charge in [0.05, 0.1) is 29.6 Å². The maximum atomic E-state index is 13.7. The Morgan fingerprint density at radius 3 is 2.57 bits per heavy atom. The molecule has 0 unspecified atom stereocenters. The first-order valence-electron chi connectivity index (χ1n) is 11.9. The number of anilines is 1. The van der Waals surface area contributed by atoms with Gasteiger partial charge in [0.25, 0.3) is 5.91 Å².